The lowest BCUT2D eigenvalue weighted by molar-refractivity contribution is -0.151. The smallest absolute Gasteiger partial charge is 0.408 e. The van der Waals surface area contributed by atoms with Gasteiger partial charge in [0, 0.05) is 12.0 Å². The molecule has 0 saturated heterocycles. The van der Waals surface area contributed by atoms with Gasteiger partial charge in [0.2, 0.25) is 5.91 Å². The number of benzene rings is 3. The van der Waals surface area contributed by atoms with E-state index in [1.54, 1.807) is 20.8 Å². The van der Waals surface area contributed by atoms with E-state index in [-0.39, 0.29) is 25.3 Å². The summed E-state index contributed by atoms with van der Waals surface area (Å²) in [6.45, 7) is 8.82. The molecular weight excluding hydrogens is 606 g/mol. The first kappa shape index (κ1) is 36.3. The fourth-order valence-corrected chi connectivity index (χ4v) is 5.66. The highest BCUT2D eigenvalue weighted by Gasteiger charge is 2.38. The molecule has 4 aromatic rings. The molecule has 0 unspecified atom stereocenters. The summed E-state index contributed by atoms with van der Waals surface area (Å²) in [5.74, 6) is -1.79. The summed E-state index contributed by atoms with van der Waals surface area (Å²) in [4.78, 5) is 51.2. The summed E-state index contributed by atoms with van der Waals surface area (Å²) in [6.07, 6.45) is -0.507. The molecule has 10 nitrogen and oxygen atoms in total. The van der Waals surface area contributed by atoms with Crippen LogP contribution >= 0.6 is 0 Å². The van der Waals surface area contributed by atoms with Crippen molar-refractivity contribution in [2.75, 3.05) is 0 Å². The number of nitrogens with one attached hydrogen (secondary N) is 2. The maximum atomic E-state index is 14.7. The highest BCUT2D eigenvalue weighted by atomic mass is 16.6. The van der Waals surface area contributed by atoms with E-state index in [0.29, 0.717) is 24.2 Å². The van der Waals surface area contributed by atoms with Crippen LogP contribution in [0.15, 0.2) is 84.9 Å². The van der Waals surface area contributed by atoms with E-state index in [2.05, 4.69) is 15.3 Å². The van der Waals surface area contributed by atoms with Crippen LogP contribution in [0.4, 0.5) is 4.79 Å². The lowest BCUT2D eigenvalue weighted by atomic mass is 9.88. The van der Waals surface area contributed by atoms with Crippen LogP contribution < -0.4 is 11.1 Å². The number of aliphatic hydroxyl groups is 1. The summed E-state index contributed by atoms with van der Waals surface area (Å²) < 4.78 is 5.49. The number of aliphatic hydroxyl groups excluding tert-OH is 1. The third-order valence-electron chi connectivity index (χ3n) is 8.44. The third-order valence-corrected chi connectivity index (χ3v) is 8.44. The average Bonchev–Trinajstić information content (AvgIpc) is 3.47. The van der Waals surface area contributed by atoms with Gasteiger partial charge < -0.3 is 25.9 Å². The van der Waals surface area contributed by atoms with Gasteiger partial charge in [0.05, 0.1) is 23.7 Å². The zero-order chi connectivity index (χ0) is 34.8. The van der Waals surface area contributed by atoms with Crippen LogP contribution in [0.25, 0.3) is 11.0 Å². The van der Waals surface area contributed by atoms with Crippen molar-refractivity contribution >= 4 is 28.9 Å². The molecule has 0 spiro atoms. The fourth-order valence-electron chi connectivity index (χ4n) is 5.66. The van der Waals surface area contributed by atoms with Crippen LogP contribution in [0.3, 0.4) is 0 Å². The van der Waals surface area contributed by atoms with Gasteiger partial charge in [0.1, 0.15) is 17.5 Å². The maximum absolute atomic E-state index is 14.7. The van der Waals surface area contributed by atoms with E-state index in [1.807, 2.05) is 98.8 Å². The van der Waals surface area contributed by atoms with Crippen molar-refractivity contribution in [2.24, 2.45) is 17.6 Å². The largest absolute Gasteiger partial charge is 0.444 e. The normalized spacial score (nSPS) is 14.8. The van der Waals surface area contributed by atoms with Gasteiger partial charge in [0.25, 0.3) is 5.91 Å². The molecule has 0 saturated carbocycles. The number of hydrogen-bond donors (Lipinski definition) is 4. The van der Waals surface area contributed by atoms with E-state index >= 15 is 0 Å². The minimum absolute atomic E-state index is 0.0269. The highest BCUT2D eigenvalue weighted by Crippen LogP contribution is 2.24. The summed E-state index contributed by atoms with van der Waals surface area (Å²) in [6, 6.07) is 24.9. The van der Waals surface area contributed by atoms with Crippen molar-refractivity contribution in [3.8, 4) is 0 Å². The molecule has 3 aromatic carbocycles. The lowest BCUT2D eigenvalue weighted by Crippen LogP contribution is -2.55. The quantitative estimate of drug-likeness (QED) is 0.139. The first-order valence-electron chi connectivity index (χ1n) is 16.6. The topological polar surface area (TPSA) is 151 Å². The number of aromatic nitrogens is 2. The minimum Gasteiger partial charge on any atom is -0.444 e. The molecule has 5 N–H and O–H groups in total. The second-order valence-corrected chi connectivity index (χ2v) is 13.5. The number of fused-ring (bicyclic) bond motifs is 1. The number of nitrogens with two attached hydrogens (primary N) is 1. The molecule has 0 bridgehead atoms. The Morgan fingerprint density at radius 2 is 1.50 bits per heavy atom. The van der Waals surface area contributed by atoms with Gasteiger partial charge in [-0.3, -0.25) is 14.5 Å². The first-order valence-corrected chi connectivity index (χ1v) is 16.6. The number of H-pyrrole nitrogens is 1. The molecule has 48 heavy (non-hydrogen) atoms. The Morgan fingerprint density at radius 3 is 2.08 bits per heavy atom. The molecule has 256 valence electrons. The maximum Gasteiger partial charge on any atom is 0.408 e. The lowest BCUT2D eigenvalue weighted by Gasteiger charge is -2.33. The van der Waals surface area contributed by atoms with Crippen molar-refractivity contribution in [2.45, 2.75) is 90.6 Å². The number of carbonyl (C=O) groups is 3. The number of alkyl carbamates (subject to hydrolysis) is 1. The molecular formula is C38H49N5O5. The molecule has 1 aromatic heterocycles. The number of imidazole rings is 1. The molecule has 0 aliphatic heterocycles. The van der Waals surface area contributed by atoms with E-state index in [4.69, 9.17) is 10.5 Å². The second kappa shape index (κ2) is 16.5. The zero-order valence-electron chi connectivity index (χ0n) is 28.6. The molecule has 0 aliphatic rings. The van der Waals surface area contributed by atoms with Crippen molar-refractivity contribution in [1.29, 1.82) is 0 Å². The van der Waals surface area contributed by atoms with Crippen LogP contribution in [-0.4, -0.2) is 61.7 Å². The SMILES string of the molecule is CC[C@H](C)[C@H](NC(=O)OC(C)(C)C)C(=O)N(Cc1nc2ccccc2[nH]1)C(=O)[C@H](Cc1ccccc1)C[C@H](O)[C@@H](N)Cc1ccccc1. The van der Waals surface area contributed by atoms with Crippen molar-refractivity contribution in [3.05, 3.63) is 102 Å². The van der Waals surface area contributed by atoms with Gasteiger partial charge in [-0.15, -0.1) is 0 Å². The summed E-state index contributed by atoms with van der Waals surface area (Å²) in [7, 11) is 0. The number of aromatic amines is 1. The summed E-state index contributed by atoms with van der Waals surface area (Å²) in [5, 5.41) is 14.1. The fraction of sp³-hybridized carbons (Fsp3) is 0.421. The van der Waals surface area contributed by atoms with Gasteiger partial charge in [-0.05, 0) is 69.2 Å². The van der Waals surface area contributed by atoms with Gasteiger partial charge >= 0.3 is 6.09 Å². The molecule has 0 aliphatic carbocycles. The number of para-hydroxylation sites is 2. The number of carbonyl (C=O) groups excluding carboxylic acids is 3. The molecule has 4 rings (SSSR count). The third kappa shape index (κ3) is 10.2. The molecule has 10 heteroatoms. The van der Waals surface area contributed by atoms with Gasteiger partial charge in [0.15, 0.2) is 0 Å². The second-order valence-electron chi connectivity index (χ2n) is 13.5. The first-order chi connectivity index (χ1) is 22.8. The van der Waals surface area contributed by atoms with Gasteiger partial charge in [-0.2, -0.15) is 0 Å². The summed E-state index contributed by atoms with van der Waals surface area (Å²) >= 11 is 0. The van der Waals surface area contributed by atoms with Crippen molar-refractivity contribution in [3.63, 3.8) is 0 Å². The predicted octanol–water partition coefficient (Wildman–Crippen LogP) is 5.54. The standard InChI is InChI=1S/C38H49N5O5/c1-6-25(2)34(42-37(47)48-38(3,4)5)36(46)43(24-33-40-30-19-13-14-20-31(30)41-33)35(45)28(21-26-15-9-7-10-16-26)23-32(44)29(39)22-27-17-11-8-12-18-27/h7-20,25,28-29,32,34,44H,6,21-24,39H2,1-5H3,(H,40,41)(H,42,47)/t25-,28+,29-,32-,34-/m0/s1. The average molecular weight is 656 g/mol. The van der Waals surface area contributed by atoms with E-state index in [9.17, 15) is 19.5 Å². The number of ether oxygens (including phenoxy) is 1. The predicted molar refractivity (Wildman–Crippen MR) is 187 cm³/mol. The van der Waals surface area contributed by atoms with Gasteiger partial charge in [-0.25, -0.2) is 9.78 Å². The van der Waals surface area contributed by atoms with Crippen molar-refractivity contribution in [1.82, 2.24) is 20.2 Å². The zero-order valence-corrected chi connectivity index (χ0v) is 28.6. The van der Waals surface area contributed by atoms with Crippen LogP contribution in [0, 0.1) is 11.8 Å². The Morgan fingerprint density at radius 1 is 0.917 bits per heavy atom. The number of rotatable bonds is 14. The summed E-state index contributed by atoms with van der Waals surface area (Å²) in [5.41, 5.74) is 9.01. The number of imide groups is 1. The minimum atomic E-state index is -1.05. The van der Waals surface area contributed by atoms with Gasteiger partial charge in [-0.1, -0.05) is 93.1 Å². The monoisotopic (exact) mass is 655 g/mol. The Balaban J connectivity index is 1.70. The Labute approximate surface area is 283 Å². The van der Waals surface area contributed by atoms with Crippen LogP contribution in [0.5, 0.6) is 0 Å². The van der Waals surface area contributed by atoms with Crippen molar-refractivity contribution < 1.29 is 24.2 Å². The van der Waals surface area contributed by atoms with E-state index in [0.717, 1.165) is 21.5 Å². The Bertz CT molecular complexity index is 1600. The molecule has 0 radical (unpaired) electrons. The molecule has 0 fully saturated rings. The Kier molecular flexibility index (Phi) is 12.5. The molecule has 1 heterocycles. The van der Waals surface area contributed by atoms with Crippen LogP contribution in [0.1, 0.15) is 64.4 Å². The Hall–Kier alpha value is -4.54. The van der Waals surface area contributed by atoms with Crippen LogP contribution in [0.2, 0.25) is 0 Å². The van der Waals surface area contributed by atoms with E-state index < -0.39 is 47.6 Å². The number of hydrogen-bond acceptors (Lipinski definition) is 7. The molecule has 5 atom stereocenters. The highest BCUT2D eigenvalue weighted by molar-refractivity contribution is 6.00. The van der Waals surface area contributed by atoms with E-state index in [1.165, 1.54) is 0 Å². The van der Waals surface area contributed by atoms with Crippen LogP contribution in [-0.2, 0) is 33.7 Å². The number of nitrogens with zero attached hydrogens (tertiary/aromatic N) is 2. The number of amides is 3. The molecule has 3 amide bonds.